The molecule has 0 saturated carbocycles. The fourth-order valence-electron chi connectivity index (χ4n) is 2.22. The SMILES string of the molecule is CC(NC(=O)COc1ccc(C(C)(C)O)cc1)c1ccccc1. The molecule has 1 amide bonds. The van der Waals surface area contributed by atoms with Gasteiger partial charge in [-0.3, -0.25) is 4.79 Å². The summed E-state index contributed by atoms with van der Waals surface area (Å²) in [6.07, 6.45) is 0. The summed E-state index contributed by atoms with van der Waals surface area (Å²) in [5.74, 6) is 0.424. The Hall–Kier alpha value is -2.33. The number of carbonyl (C=O) groups is 1. The van der Waals surface area contributed by atoms with Gasteiger partial charge in [0.05, 0.1) is 11.6 Å². The Kier molecular flexibility index (Phi) is 5.40. The van der Waals surface area contributed by atoms with Crippen LogP contribution in [0.1, 0.15) is 37.9 Å². The van der Waals surface area contributed by atoms with Crippen LogP contribution in [0, 0.1) is 0 Å². The van der Waals surface area contributed by atoms with Crippen LogP contribution in [0.2, 0.25) is 0 Å². The van der Waals surface area contributed by atoms with Gasteiger partial charge in [0.1, 0.15) is 5.75 Å². The Labute approximate surface area is 137 Å². The van der Waals surface area contributed by atoms with Crippen molar-refractivity contribution in [2.45, 2.75) is 32.4 Å². The molecule has 122 valence electrons. The highest BCUT2D eigenvalue weighted by Crippen LogP contribution is 2.22. The molecule has 1 atom stereocenters. The predicted octanol–water partition coefficient (Wildman–Crippen LogP) is 3.17. The highest BCUT2D eigenvalue weighted by molar-refractivity contribution is 5.78. The molecule has 0 fully saturated rings. The third kappa shape index (κ3) is 5.11. The topological polar surface area (TPSA) is 58.6 Å². The Balaban J connectivity index is 1.85. The standard InChI is InChI=1S/C19H23NO3/c1-14(15-7-5-4-6-8-15)20-18(21)13-23-17-11-9-16(10-12-17)19(2,3)22/h4-12,14,22H,13H2,1-3H3,(H,20,21). The van der Waals surface area contributed by atoms with E-state index in [1.807, 2.05) is 37.3 Å². The van der Waals surface area contributed by atoms with Crippen molar-refractivity contribution < 1.29 is 14.6 Å². The quantitative estimate of drug-likeness (QED) is 0.861. The fraction of sp³-hybridized carbons (Fsp3) is 0.316. The smallest absolute Gasteiger partial charge is 0.258 e. The first-order chi connectivity index (χ1) is 10.9. The van der Waals surface area contributed by atoms with Crippen molar-refractivity contribution in [3.05, 3.63) is 65.7 Å². The molecular weight excluding hydrogens is 290 g/mol. The van der Waals surface area contributed by atoms with Gasteiger partial charge in [0.25, 0.3) is 5.91 Å². The zero-order chi connectivity index (χ0) is 16.9. The summed E-state index contributed by atoms with van der Waals surface area (Å²) in [6.45, 7) is 5.34. The van der Waals surface area contributed by atoms with Crippen molar-refractivity contribution >= 4 is 5.91 Å². The van der Waals surface area contributed by atoms with Gasteiger partial charge < -0.3 is 15.2 Å². The maximum atomic E-state index is 12.0. The second-order valence-corrected chi connectivity index (χ2v) is 6.07. The van der Waals surface area contributed by atoms with Gasteiger partial charge in [0.15, 0.2) is 6.61 Å². The summed E-state index contributed by atoms with van der Waals surface area (Å²) in [5.41, 5.74) is 0.962. The van der Waals surface area contributed by atoms with Gasteiger partial charge in [-0.2, -0.15) is 0 Å². The highest BCUT2D eigenvalue weighted by Gasteiger charge is 2.15. The van der Waals surface area contributed by atoms with Gasteiger partial charge in [-0.1, -0.05) is 42.5 Å². The van der Waals surface area contributed by atoms with Gasteiger partial charge in [-0.15, -0.1) is 0 Å². The fourth-order valence-corrected chi connectivity index (χ4v) is 2.22. The van der Waals surface area contributed by atoms with Crippen molar-refractivity contribution in [2.75, 3.05) is 6.61 Å². The lowest BCUT2D eigenvalue weighted by Gasteiger charge is -2.18. The number of carbonyl (C=O) groups excluding carboxylic acids is 1. The minimum atomic E-state index is -0.888. The molecule has 0 saturated heterocycles. The van der Waals surface area contributed by atoms with Crippen LogP contribution in [0.3, 0.4) is 0 Å². The highest BCUT2D eigenvalue weighted by atomic mass is 16.5. The third-order valence-electron chi connectivity index (χ3n) is 3.61. The number of amides is 1. The maximum absolute atomic E-state index is 12.0. The van der Waals surface area contributed by atoms with Crippen LogP contribution in [0.5, 0.6) is 5.75 Å². The molecule has 0 heterocycles. The van der Waals surface area contributed by atoms with Crippen LogP contribution in [-0.4, -0.2) is 17.6 Å². The van der Waals surface area contributed by atoms with Gasteiger partial charge in [0, 0.05) is 0 Å². The first-order valence-electron chi connectivity index (χ1n) is 7.66. The molecule has 4 nitrogen and oxygen atoms in total. The molecule has 0 aliphatic carbocycles. The van der Waals surface area contributed by atoms with E-state index in [1.165, 1.54) is 0 Å². The summed E-state index contributed by atoms with van der Waals surface area (Å²) in [4.78, 5) is 12.0. The summed E-state index contributed by atoms with van der Waals surface area (Å²) in [6, 6.07) is 16.8. The van der Waals surface area contributed by atoms with E-state index in [4.69, 9.17) is 4.74 Å². The Morgan fingerprint density at radius 3 is 2.30 bits per heavy atom. The second kappa shape index (κ2) is 7.29. The molecule has 0 bridgehead atoms. The van der Waals surface area contributed by atoms with Gasteiger partial charge in [0.2, 0.25) is 0 Å². The van der Waals surface area contributed by atoms with Gasteiger partial charge in [-0.25, -0.2) is 0 Å². The summed E-state index contributed by atoms with van der Waals surface area (Å²) in [7, 11) is 0. The van der Waals surface area contributed by atoms with Crippen molar-refractivity contribution in [2.24, 2.45) is 0 Å². The van der Waals surface area contributed by atoms with Crippen LogP contribution in [0.15, 0.2) is 54.6 Å². The largest absolute Gasteiger partial charge is 0.484 e. The lowest BCUT2D eigenvalue weighted by Crippen LogP contribution is -2.31. The molecule has 2 rings (SSSR count). The third-order valence-corrected chi connectivity index (χ3v) is 3.61. The zero-order valence-electron chi connectivity index (χ0n) is 13.7. The number of aliphatic hydroxyl groups is 1. The molecule has 4 heteroatoms. The number of ether oxygens (including phenoxy) is 1. The second-order valence-electron chi connectivity index (χ2n) is 6.07. The molecular formula is C19H23NO3. The Morgan fingerprint density at radius 1 is 1.13 bits per heavy atom. The first-order valence-corrected chi connectivity index (χ1v) is 7.66. The van der Waals surface area contributed by atoms with Crippen molar-refractivity contribution in [1.82, 2.24) is 5.32 Å². The molecule has 1 unspecified atom stereocenters. The lowest BCUT2D eigenvalue weighted by atomic mass is 9.99. The van der Waals surface area contributed by atoms with Crippen molar-refractivity contribution in [1.29, 1.82) is 0 Å². The minimum absolute atomic E-state index is 0.0426. The van der Waals surface area contributed by atoms with E-state index in [-0.39, 0.29) is 18.6 Å². The van der Waals surface area contributed by atoms with E-state index in [1.54, 1.807) is 38.1 Å². The molecule has 0 aromatic heterocycles. The van der Waals surface area contributed by atoms with E-state index in [0.29, 0.717) is 5.75 Å². The molecule has 0 aliphatic heterocycles. The maximum Gasteiger partial charge on any atom is 0.258 e. The molecule has 2 aromatic carbocycles. The molecule has 2 aromatic rings. The average Bonchev–Trinajstić information content (AvgIpc) is 2.53. The molecule has 0 aliphatic rings. The molecule has 23 heavy (non-hydrogen) atoms. The van der Waals surface area contributed by atoms with Gasteiger partial charge in [-0.05, 0) is 44.0 Å². The normalized spacial score (nSPS) is 12.5. The molecule has 0 radical (unpaired) electrons. The van der Waals surface area contributed by atoms with Crippen LogP contribution in [-0.2, 0) is 10.4 Å². The average molecular weight is 313 g/mol. The zero-order valence-corrected chi connectivity index (χ0v) is 13.7. The number of nitrogens with one attached hydrogen (secondary N) is 1. The Morgan fingerprint density at radius 2 is 1.74 bits per heavy atom. The van der Waals surface area contributed by atoms with E-state index in [9.17, 15) is 9.90 Å². The van der Waals surface area contributed by atoms with Crippen LogP contribution in [0.4, 0.5) is 0 Å². The van der Waals surface area contributed by atoms with Crippen molar-refractivity contribution in [3.63, 3.8) is 0 Å². The lowest BCUT2D eigenvalue weighted by molar-refractivity contribution is -0.123. The van der Waals surface area contributed by atoms with E-state index in [0.717, 1.165) is 11.1 Å². The monoisotopic (exact) mass is 313 g/mol. The van der Waals surface area contributed by atoms with Crippen LogP contribution < -0.4 is 10.1 Å². The van der Waals surface area contributed by atoms with Crippen LogP contribution in [0.25, 0.3) is 0 Å². The number of hydrogen-bond donors (Lipinski definition) is 2. The number of hydrogen-bond acceptors (Lipinski definition) is 3. The molecule has 0 spiro atoms. The number of rotatable bonds is 6. The van der Waals surface area contributed by atoms with Crippen LogP contribution >= 0.6 is 0 Å². The summed E-state index contributed by atoms with van der Waals surface area (Å²) in [5, 5.41) is 12.8. The van der Waals surface area contributed by atoms with E-state index < -0.39 is 5.60 Å². The predicted molar refractivity (Wildman–Crippen MR) is 90.2 cm³/mol. The number of benzene rings is 2. The Bertz CT molecular complexity index is 630. The summed E-state index contributed by atoms with van der Waals surface area (Å²) >= 11 is 0. The first kappa shape index (κ1) is 17.0. The van der Waals surface area contributed by atoms with E-state index >= 15 is 0 Å². The minimum Gasteiger partial charge on any atom is -0.484 e. The summed E-state index contributed by atoms with van der Waals surface area (Å²) < 4.78 is 5.48. The van der Waals surface area contributed by atoms with E-state index in [2.05, 4.69) is 5.32 Å². The van der Waals surface area contributed by atoms with Crippen molar-refractivity contribution in [3.8, 4) is 5.75 Å². The van der Waals surface area contributed by atoms with Gasteiger partial charge >= 0.3 is 0 Å². The molecule has 2 N–H and O–H groups in total.